The minimum atomic E-state index is -0.823. The van der Waals surface area contributed by atoms with Crippen LogP contribution >= 0.6 is 27.3 Å². The zero-order valence-electron chi connectivity index (χ0n) is 11.8. The lowest BCUT2D eigenvalue weighted by Crippen LogP contribution is -2.12. The SMILES string of the molecule is O=C(O)CCc1cccc(NC(=O)CCc2cc(Br)cs2)c1. The number of carbonyl (C=O) groups excluding carboxylic acids is 1. The lowest BCUT2D eigenvalue weighted by molar-refractivity contribution is -0.137. The standard InChI is InChI=1S/C16H16BrNO3S/c17-12-9-14(22-10-12)5-6-15(19)18-13-3-1-2-11(8-13)4-7-16(20)21/h1-3,8-10H,4-7H2,(H,18,19)(H,20,21). The van der Waals surface area contributed by atoms with Crippen LogP contribution in [0.15, 0.2) is 40.2 Å². The fraction of sp³-hybridized carbons (Fsp3) is 0.250. The summed E-state index contributed by atoms with van der Waals surface area (Å²) in [5.74, 6) is -0.864. The van der Waals surface area contributed by atoms with Gasteiger partial charge in [-0.25, -0.2) is 0 Å². The van der Waals surface area contributed by atoms with Gasteiger partial charge in [0.25, 0.3) is 0 Å². The van der Waals surface area contributed by atoms with Gasteiger partial charge in [-0.2, -0.15) is 0 Å². The molecule has 0 atom stereocenters. The van der Waals surface area contributed by atoms with Crippen molar-refractivity contribution in [1.82, 2.24) is 0 Å². The van der Waals surface area contributed by atoms with Crippen molar-refractivity contribution in [2.75, 3.05) is 5.32 Å². The molecule has 0 bridgehead atoms. The number of hydrogen-bond donors (Lipinski definition) is 2. The summed E-state index contributed by atoms with van der Waals surface area (Å²) in [4.78, 5) is 23.7. The molecule has 0 aliphatic rings. The summed E-state index contributed by atoms with van der Waals surface area (Å²) in [6.07, 6.45) is 1.68. The minimum absolute atomic E-state index is 0.0418. The second-order valence-corrected chi connectivity index (χ2v) is 6.78. The Balaban J connectivity index is 1.85. The first kappa shape index (κ1) is 16.7. The quantitative estimate of drug-likeness (QED) is 0.758. The monoisotopic (exact) mass is 381 g/mol. The zero-order chi connectivity index (χ0) is 15.9. The highest BCUT2D eigenvalue weighted by Gasteiger charge is 2.06. The highest BCUT2D eigenvalue weighted by Crippen LogP contribution is 2.21. The van der Waals surface area contributed by atoms with Gasteiger partial charge in [-0.1, -0.05) is 12.1 Å². The van der Waals surface area contributed by atoms with Crippen LogP contribution in [0.5, 0.6) is 0 Å². The highest BCUT2D eigenvalue weighted by atomic mass is 79.9. The number of carbonyl (C=O) groups is 2. The molecule has 1 aromatic heterocycles. The Hall–Kier alpha value is -1.66. The van der Waals surface area contributed by atoms with Crippen molar-refractivity contribution in [2.24, 2.45) is 0 Å². The number of amides is 1. The number of carboxylic acid groups (broad SMARTS) is 1. The molecule has 2 rings (SSSR count). The molecule has 1 heterocycles. The zero-order valence-corrected chi connectivity index (χ0v) is 14.2. The normalized spacial score (nSPS) is 10.4. The van der Waals surface area contributed by atoms with E-state index in [-0.39, 0.29) is 12.3 Å². The van der Waals surface area contributed by atoms with Crippen molar-refractivity contribution in [3.63, 3.8) is 0 Å². The van der Waals surface area contributed by atoms with E-state index in [1.54, 1.807) is 11.3 Å². The molecular weight excluding hydrogens is 366 g/mol. The van der Waals surface area contributed by atoms with E-state index in [1.165, 1.54) is 0 Å². The van der Waals surface area contributed by atoms with Gasteiger partial charge in [-0.05, 0) is 52.5 Å². The van der Waals surface area contributed by atoms with Crippen molar-refractivity contribution < 1.29 is 14.7 Å². The topological polar surface area (TPSA) is 66.4 Å². The predicted octanol–water partition coefficient (Wildman–Crippen LogP) is 4.10. The van der Waals surface area contributed by atoms with Crippen LogP contribution in [-0.4, -0.2) is 17.0 Å². The Morgan fingerprint density at radius 2 is 2.00 bits per heavy atom. The van der Waals surface area contributed by atoms with Gasteiger partial charge in [-0.15, -0.1) is 11.3 Å². The minimum Gasteiger partial charge on any atom is -0.481 e. The van der Waals surface area contributed by atoms with Crippen LogP contribution in [0.25, 0.3) is 0 Å². The number of thiophene rings is 1. The molecule has 0 spiro atoms. The lowest BCUT2D eigenvalue weighted by atomic mass is 10.1. The molecule has 0 radical (unpaired) electrons. The summed E-state index contributed by atoms with van der Waals surface area (Å²) in [5.41, 5.74) is 1.61. The third kappa shape index (κ3) is 5.61. The third-order valence-electron chi connectivity index (χ3n) is 3.06. The van der Waals surface area contributed by atoms with Crippen LogP contribution in [0.3, 0.4) is 0 Å². The average molecular weight is 382 g/mol. The Morgan fingerprint density at radius 1 is 1.18 bits per heavy atom. The highest BCUT2D eigenvalue weighted by molar-refractivity contribution is 9.10. The first-order chi connectivity index (χ1) is 10.5. The van der Waals surface area contributed by atoms with E-state index in [4.69, 9.17) is 5.11 Å². The van der Waals surface area contributed by atoms with Gasteiger partial charge < -0.3 is 10.4 Å². The van der Waals surface area contributed by atoms with Crippen molar-refractivity contribution in [1.29, 1.82) is 0 Å². The molecular formula is C16H16BrNO3S. The summed E-state index contributed by atoms with van der Waals surface area (Å²) in [6.45, 7) is 0. The molecule has 0 aliphatic carbocycles. The summed E-state index contributed by atoms with van der Waals surface area (Å²) in [7, 11) is 0. The van der Waals surface area contributed by atoms with Crippen LogP contribution in [0, 0.1) is 0 Å². The van der Waals surface area contributed by atoms with Gasteiger partial charge in [0.15, 0.2) is 0 Å². The molecule has 6 heteroatoms. The number of aryl methyl sites for hydroxylation is 2. The summed E-state index contributed by atoms with van der Waals surface area (Å²) in [6, 6.07) is 9.34. The first-order valence-electron chi connectivity index (χ1n) is 6.86. The van der Waals surface area contributed by atoms with Crippen molar-refractivity contribution in [2.45, 2.75) is 25.7 Å². The number of rotatable bonds is 7. The second kappa shape index (κ2) is 8.10. The fourth-order valence-electron chi connectivity index (χ4n) is 2.00. The third-order valence-corrected chi connectivity index (χ3v) is 4.82. The molecule has 0 fully saturated rings. The molecule has 2 N–H and O–H groups in total. The molecule has 1 aromatic carbocycles. The lowest BCUT2D eigenvalue weighted by Gasteiger charge is -2.07. The van der Waals surface area contributed by atoms with E-state index in [1.807, 2.05) is 35.7 Å². The Morgan fingerprint density at radius 3 is 2.68 bits per heavy atom. The maximum atomic E-state index is 12.0. The van der Waals surface area contributed by atoms with Crippen molar-refractivity contribution in [3.05, 3.63) is 50.6 Å². The first-order valence-corrected chi connectivity index (χ1v) is 8.53. The predicted molar refractivity (Wildman–Crippen MR) is 91.4 cm³/mol. The molecule has 0 aliphatic heterocycles. The Labute approximate surface area is 141 Å². The molecule has 4 nitrogen and oxygen atoms in total. The summed E-state index contributed by atoms with van der Waals surface area (Å²) < 4.78 is 1.04. The smallest absolute Gasteiger partial charge is 0.303 e. The summed E-state index contributed by atoms with van der Waals surface area (Å²) in [5, 5.41) is 13.6. The number of carboxylic acids is 1. The largest absolute Gasteiger partial charge is 0.481 e. The molecule has 0 unspecified atom stereocenters. The number of hydrogen-bond acceptors (Lipinski definition) is 3. The van der Waals surface area contributed by atoms with Crippen molar-refractivity contribution in [3.8, 4) is 0 Å². The second-order valence-electron chi connectivity index (χ2n) is 4.87. The number of benzene rings is 1. The molecule has 0 saturated carbocycles. The summed E-state index contributed by atoms with van der Waals surface area (Å²) >= 11 is 5.02. The number of nitrogens with one attached hydrogen (secondary N) is 1. The van der Waals surface area contributed by atoms with Crippen LogP contribution < -0.4 is 5.32 Å². The van der Waals surface area contributed by atoms with Gasteiger partial charge in [0.1, 0.15) is 0 Å². The van der Waals surface area contributed by atoms with E-state index in [2.05, 4.69) is 21.2 Å². The van der Waals surface area contributed by atoms with Gasteiger partial charge in [-0.3, -0.25) is 9.59 Å². The molecule has 22 heavy (non-hydrogen) atoms. The fourth-order valence-corrected chi connectivity index (χ4v) is 3.46. The molecule has 116 valence electrons. The number of aliphatic carboxylic acids is 1. The number of anilines is 1. The van der Waals surface area contributed by atoms with Gasteiger partial charge in [0.05, 0.1) is 0 Å². The van der Waals surface area contributed by atoms with E-state index in [9.17, 15) is 9.59 Å². The van der Waals surface area contributed by atoms with Gasteiger partial charge in [0.2, 0.25) is 5.91 Å². The molecule has 1 amide bonds. The maximum absolute atomic E-state index is 12.0. The van der Waals surface area contributed by atoms with E-state index in [0.717, 1.165) is 14.9 Å². The van der Waals surface area contributed by atoms with Crippen LogP contribution in [0.4, 0.5) is 5.69 Å². The molecule has 0 saturated heterocycles. The van der Waals surface area contributed by atoms with Gasteiger partial charge in [0, 0.05) is 33.3 Å². The maximum Gasteiger partial charge on any atom is 0.303 e. The Bertz CT molecular complexity index is 669. The van der Waals surface area contributed by atoms with E-state index < -0.39 is 5.97 Å². The van der Waals surface area contributed by atoms with Crippen LogP contribution in [0.1, 0.15) is 23.3 Å². The van der Waals surface area contributed by atoms with Crippen LogP contribution in [0.2, 0.25) is 0 Å². The van der Waals surface area contributed by atoms with E-state index in [0.29, 0.717) is 24.9 Å². The Kier molecular flexibility index (Phi) is 6.15. The number of halogens is 1. The van der Waals surface area contributed by atoms with Crippen LogP contribution in [-0.2, 0) is 22.4 Å². The average Bonchev–Trinajstić information content (AvgIpc) is 2.89. The molecule has 2 aromatic rings. The van der Waals surface area contributed by atoms with E-state index >= 15 is 0 Å². The van der Waals surface area contributed by atoms with Gasteiger partial charge >= 0.3 is 5.97 Å². The van der Waals surface area contributed by atoms with Crippen molar-refractivity contribution >= 4 is 44.8 Å².